The van der Waals surface area contributed by atoms with Crippen molar-refractivity contribution in [3.8, 4) is 0 Å². The van der Waals surface area contributed by atoms with E-state index in [0.717, 1.165) is 11.8 Å². The van der Waals surface area contributed by atoms with Crippen molar-refractivity contribution in [3.63, 3.8) is 0 Å². The van der Waals surface area contributed by atoms with Crippen LogP contribution in [-0.2, 0) is 9.59 Å². The van der Waals surface area contributed by atoms with Gasteiger partial charge in [-0.2, -0.15) is 0 Å². The first-order chi connectivity index (χ1) is 11.8. The molecule has 0 saturated carbocycles. The van der Waals surface area contributed by atoms with Gasteiger partial charge in [-0.3, -0.25) is 9.59 Å². The van der Waals surface area contributed by atoms with Crippen molar-refractivity contribution in [3.05, 3.63) is 41.2 Å². The Morgan fingerprint density at radius 2 is 1.80 bits per heavy atom. The second-order valence-corrected chi connectivity index (χ2v) is 6.23. The number of aromatic carboxylic acids is 1. The Labute approximate surface area is 148 Å². The maximum atomic E-state index is 11.9. The first kappa shape index (κ1) is 18.5. The van der Waals surface area contributed by atoms with Crippen molar-refractivity contribution in [1.29, 1.82) is 0 Å². The summed E-state index contributed by atoms with van der Waals surface area (Å²) in [4.78, 5) is 34.7. The Kier molecular flexibility index (Phi) is 6.18. The van der Waals surface area contributed by atoms with Crippen LogP contribution in [0.2, 0.25) is 0 Å². The van der Waals surface area contributed by atoms with Crippen LogP contribution >= 0.6 is 11.8 Å². The molecule has 132 valence electrons. The molecule has 0 spiro atoms. The van der Waals surface area contributed by atoms with E-state index in [0.29, 0.717) is 22.8 Å². The van der Waals surface area contributed by atoms with E-state index in [1.54, 1.807) is 32.0 Å². The number of hydrogen-bond acceptors (Lipinski definition) is 6. The fraction of sp³-hybridized carbons (Fsp3) is 0.250. The lowest BCUT2D eigenvalue weighted by Crippen LogP contribution is -2.18. The predicted molar refractivity (Wildman–Crippen MR) is 94.0 cm³/mol. The minimum atomic E-state index is -1.05. The zero-order valence-corrected chi connectivity index (χ0v) is 14.5. The minimum absolute atomic E-state index is 0.0571. The van der Waals surface area contributed by atoms with E-state index in [2.05, 4.69) is 15.8 Å². The molecule has 1 heterocycles. The molecule has 0 aliphatic carbocycles. The maximum Gasteiger partial charge on any atom is 0.336 e. The molecule has 0 saturated heterocycles. The summed E-state index contributed by atoms with van der Waals surface area (Å²) in [5.74, 6) is -0.628. The highest BCUT2D eigenvalue weighted by atomic mass is 32.2. The van der Waals surface area contributed by atoms with E-state index < -0.39 is 5.97 Å². The van der Waals surface area contributed by atoms with Crippen LogP contribution in [0.5, 0.6) is 0 Å². The van der Waals surface area contributed by atoms with E-state index in [1.165, 1.54) is 6.07 Å². The Balaban J connectivity index is 1.78. The number of thioether (sulfide) groups is 1. The van der Waals surface area contributed by atoms with Gasteiger partial charge in [-0.1, -0.05) is 11.2 Å². The summed E-state index contributed by atoms with van der Waals surface area (Å²) in [6, 6.07) is 6.25. The summed E-state index contributed by atoms with van der Waals surface area (Å²) in [7, 11) is 0. The average Bonchev–Trinajstić information content (AvgIpc) is 2.93. The smallest absolute Gasteiger partial charge is 0.336 e. The van der Waals surface area contributed by atoms with Crippen molar-refractivity contribution in [2.24, 2.45) is 0 Å². The third kappa shape index (κ3) is 5.64. The SMILES string of the molecule is Cc1cc(NC(=O)CSCC(=O)Nc2ccc(C)c(C(=O)O)c2)no1. The zero-order chi connectivity index (χ0) is 18.4. The monoisotopic (exact) mass is 363 g/mol. The fourth-order valence-electron chi connectivity index (χ4n) is 1.97. The number of carbonyl (C=O) groups excluding carboxylic acids is 2. The predicted octanol–water partition coefficient (Wildman–Crippen LogP) is 2.30. The van der Waals surface area contributed by atoms with Crippen molar-refractivity contribution in [1.82, 2.24) is 5.16 Å². The van der Waals surface area contributed by atoms with E-state index in [9.17, 15) is 14.4 Å². The molecule has 3 N–H and O–H groups in total. The van der Waals surface area contributed by atoms with Crippen LogP contribution in [0.15, 0.2) is 28.8 Å². The number of nitrogens with one attached hydrogen (secondary N) is 2. The lowest BCUT2D eigenvalue weighted by atomic mass is 10.1. The lowest BCUT2D eigenvalue weighted by molar-refractivity contribution is -0.114. The molecule has 0 unspecified atom stereocenters. The van der Waals surface area contributed by atoms with Crippen LogP contribution in [-0.4, -0.2) is 39.6 Å². The van der Waals surface area contributed by atoms with Gasteiger partial charge in [-0.05, 0) is 31.5 Å². The number of carboxylic acid groups (broad SMARTS) is 1. The first-order valence-electron chi connectivity index (χ1n) is 7.30. The summed E-state index contributed by atoms with van der Waals surface area (Å²) in [6.07, 6.45) is 0. The van der Waals surface area contributed by atoms with Crippen molar-refractivity contribution >= 4 is 41.1 Å². The molecule has 0 atom stereocenters. The molecule has 25 heavy (non-hydrogen) atoms. The number of carboxylic acids is 1. The number of nitrogens with zero attached hydrogens (tertiary/aromatic N) is 1. The molecule has 0 radical (unpaired) electrons. The van der Waals surface area contributed by atoms with Gasteiger partial charge in [0.15, 0.2) is 5.82 Å². The molecule has 0 aliphatic rings. The van der Waals surface area contributed by atoms with Gasteiger partial charge in [-0.15, -0.1) is 11.8 Å². The second kappa shape index (κ2) is 8.34. The first-order valence-corrected chi connectivity index (χ1v) is 8.45. The topological polar surface area (TPSA) is 122 Å². The van der Waals surface area contributed by atoms with Crippen LogP contribution in [0.1, 0.15) is 21.7 Å². The molecule has 0 bridgehead atoms. The Hall–Kier alpha value is -2.81. The second-order valence-electron chi connectivity index (χ2n) is 5.25. The number of rotatable bonds is 7. The quantitative estimate of drug-likeness (QED) is 0.690. The molecule has 2 rings (SSSR count). The Bertz CT molecular complexity index is 803. The van der Waals surface area contributed by atoms with Crippen LogP contribution in [0.4, 0.5) is 11.5 Å². The number of aromatic nitrogens is 1. The molecular weight excluding hydrogens is 346 g/mol. The van der Waals surface area contributed by atoms with E-state index in [-0.39, 0.29) is 28.9 Å². The standard InChI is InChI=1S/C16H17N3O5S/c1-9-3-4-11(6-12(9)16(22)23)17-14(20)7-25-8-15(21)18-13-5-10(2)24-19-13/h3-6H,7-8H2,1-2H3,(H,17,20)(H,22,23)(H,18,19,21). The third-order valence-electron chi connectivity index (χ3n) is 3.11. The Morgan fingerprint density at radius 1 is 1.12 bits per heavy atom. The highest BCUT2D eigenvalue weighted by Gasteiger charge is 2.11. The number of benzene rings is 1. The van der Waals surface area contributed by atoms with Gasteiger partial charge in [-0.25, -0.2) is 4.79 Å². The fourth-order valence-corrected chi connectivity index (χ4v) is 2.59. The summed E-state index contributed by atoms with van der Waals surface area (Å²) in [5, 5.41) is 17.9. The highest BCUT2D eigenvalue weighted by Crippen LogP contribution is 2.16. The number of amides is 2. The van der Waals surface area contributed by atoms with E-state index in [1.807, 2.05) is 0 Å². The molecule has 9 heteroatoms. The van der Waals surface area contributed by atoms with Crippen LogP contribution in [0.3, 0.4) is 0 Å². The van der Waals surface area contributed by atoms with Crippen LogP contribution in [0, 0.1) is 13.8 Å². The number of carbonyl (C=O) groups is 3. The largest absolute Gasteiger partial charge is 0.478 e. The minimum Gasteiger partial charge on any atom is -0.478 e. The molecule has 0 aliphatic heterocycles. The van der Waals surface area contributed by atoms with Gasteiger partial charge in [0.05, 0.1) is 17.1 Å². The number of aryl methyl sites for hydroxylation is 2. The Morgan fingerprint density at radius 3 is 2.40 bits per heavy atom. The van der Waals surface area contributed by atoms with Crippen molar-refractivity contribution in [2.45, 2.75) is 13.8 Å². The van der Waals surface area contributed by atoms with Crippen molar-refractivity contribution in [2.75, 3.05) is 22.1 Å². The van der Waals surface area contributed by atoms with Gasteiger partial charge >= 0.3 is 5.97 Å². The summed E-state index contributed by atoms with van der Waals surface area (Å²) in [6.45, 7) is 3.39. The summed E-state index contributed by atoms with van der Waals surface area (Å²) < 4.78 is 4.83. The maximum absolute atomic E-state index is 11.9. The highest BCUT2D eigenvalue weighted by molar-refractivity contribution is 8.00. The average molecular weight is 363 g/mol. The van der Waals surface area contributed by atoms with Gasteiger partial charge in [0, 0.05) is 11.8 Å². The normalized spacial score (nSPS) is 10.3. The lowest BCUT2D eigenvalue weighted by Gasteiger charge is -2.08. The van der Waals surface area contributed by atoms with Gasteiger partial charge in [0.2, 0.25) is 11.8 Å². The van der Waals surface area contributed by atoms with Crippen molar-refractivity contribution < 1.29 is 24.0 Å². The third-order valence-corrected chi connectivity index (χ3v) is 4.05. The zero-order valence-electron chi connectivity index (χ0n) is 13.7. The summed E-state index contributed by atoms with van der Waals surface area (Å²) >= 11 is 1.13. The molecule has 2 amide bonds. The molecule has 8 nitrogen and oxygen atoms in total. The molecule has 1 aromatic heterocycles. The number of hydrogen-bond donors (Lipinski definition) is 3. The number of anilines is 2. The van der Waals surface area contributed by atoms with Crippen LogP contribution < -0.4 is 10.6 Å². The van der Waals surface area contributed by atoms with E-state index >= 15 is 0 Å². The molecule has 1 aromatic carbocycles. The molecular formula is C16H17N3O5S. The molecule has 2 aromatic rings. The van der Waals surface area contributed by atoms with Gasteiger partial charge in [0.1, 0.15) is 5.76 Å². The van der Waals surface area contributed by atoms with Crippen LogP contribution in [0.25, 0.3) is 0 Å². The summed E-state index contributed by atoms with van der Waals surface area (Å²) in [5.41, 5.74) is 1.14. The van der Waals surface area contributed by atoms with Gasteiger partial charge in [0.25, 0.3) is 0 Å². The van der Waals surface area contributed by atoms with E-state index in [4.69, 9.17) is 9.63 Å². The van der Waals surface area contributed by atoms with Gasteiger partial charge < -0.3 is 20.3 Å². The molecule has 0 fully saturated rings.